The van der Waals surface area contributed by atoms with Crippen molar-refractivity contribution in [2.75, 3.05) is 0 Å². The molecule has 152 valence electrons. The Morgan fingerprint density at radius 1 is 0.893 bits per heavy atom. The van der Waals surface area contributed by atoms with E-state index in [1.54, 1.807) is 10.8 Å². The Morgan fingerprint density at radius 2 is 1.64 bits per heavy atom. The topological polar surface area (TPSA) is 25.8 Å². The van der Waals surface area contributed by atoms with Crippen molar-refractivity contribution in [3.05, 3.63) is 58.0 Å². The van der Waals surface area contributed by atoms with Gasteiger partial charge in [0.15, 0.2) is 0 Å². The van der Waals surface area contributed by atoms with Gasteiger partial charge in [0, 0.05) is 18.8 Å². The molecule has 4 rings (SSSR count). The average molecular weight is 379 g/mol. The maximum atomic E-state index is 4.42. The van der Waals surface area contributed by atoms with E-state index in [9.17, 15) is 0 Å². The highest BCUT2D eigenvalue weighted by atomic mass is 14.9. The number of hydrogen-bond donors (Lipinski definition) is 0. The van der Waals surface area contributed by atoms with Crippen molar-refractivity contribution in [3.8, 4) is 0 Å². The van der Waals surface area contributed by atoms with Crippen LogP contribution in [-0.2, 0) is 12.8 Å². The lowest BCUT2D eigenvalue weighted by molar-refractivity contribution is 0.307. The Labute approximate surface area is 171 Å². The molecule has 0 N–H and O–H groups in total. The first-order chi connectivity index (χ1) is 13.7. The molecule has 1 heterocycles. The maximum absolute atomic E-state index is 4.42. The second-order valence-corrected chi connectivity index (χ2v) is 8.62. The Kier molecular flexibility index (Phi) is 8.06. The van der Waals surface area contributed by atoms with Gasteiger partial charge < -0.3 is 0 Å². The van der Waals surface area contributed by atoms with Crippen LogP contribution in [0.15, 0.2) is 30.6 Å². The number of hydrogen-bond acceptors (Lipinski definition) is 2. The second kappa shape index (κ2) is 10.7. The molecular weight excluding hydrogens is 340 g/mol. The number of unbranched alkanes of at least 4 members (excludes halogenated alkanes) is 2. The molecule has 28 heavy (non-hydrogen) atoms. The highest BCUT2D eigenvalue weighted by Gasteiger charge is 2.22. The zero-order valence-corrected chi connectivity index (χ0v) is 18.2. The van der Waals surface area contributed by atoms with Gasteiger partial charge in [0.2, 0.25) is 0 Å². The Balaban J connectivity index is 0.000000176. The Morgan fingerprint density at radius 3 is 2.14 bits per heavy atom. The van der Waals surface area contributed by atoms with Crippen LogP contribution in [0.3, 0.4) is 0 Å². The third kappa shape index (κ3) is 5.43. The van der Waals surface area contributed by atoms with Gasteiger partial charge in [-0.15, -0.1) is 0 Å². The summed E-state index contributed by atoms with van der Waals surface area (Å²) in [5.41, 5.74) is 2.95. The highest BCUT2D eigenvalue weighted by molar-refractivity contribution is 5.33. The van der Waals surface area contributed by atoms with Crippen LogP contribution in [0.5, 0.6) is 0 Å². The molecule has 0 bridgehead atoms. The summed E-state index contributed by atoms with van der Waals surface area (Å²) in [6.45, 7) is 6.65. The molecule has 0 aliphatic heterocycles. The second-order valence-electron chi connectivity index (χ2n) is 8.62. The minimum absolute atomic E-state index is 0.717. The van der Waals surface area contributed by atoms with Gasteiger partial charge in [-0.05, 0) is 71.9 Å². The third-order valence-electron chi connectivity index (χ3n) is 6.52. The summed E-state index contributed by atoms with van der Waals surface area (Å²) in [5.74, 6) is 2.66. The molecular formula is C26H38N2. The van der Waals surface area contributed by atoms with Crippen molar-refractivity contribution in [2.24, 2.45) is 5.92 Å². The molecule has 0 spiro atoms. The van der Waals surface area contributed by atoms with Crippen LogP contribution in [0.1, 0.15) is 101 Å². The molecule has 3 aliphatic carbocycles. The van der Waals surface area contributed by atoms with Gasteiger partial charge in [0.05, 0.1) is 0 Å². The zero-order valence-electron chi connectivity index (χ0n) is 18.2. The van der Waals surface area contributed by atoms with Gasteiger partial charge in [-0.25, -0.2) is 9.97 Å². The van der Waals surface area contributed by atoms with Crippen molar-refractivity contribution in [1.29, 1.82) is 0 Å². The Hall–Kier alpha value is -1.70. The molecule has 0 amide bonds. The predicted molar refractivity (Wildman–Crippen MR) is 118 cm³/mol. The summed E-state index contributed by atoms with van der Waals surface area (Å²) in [6.07, 6.45) is 18.6. The standard InChI is InChI=1S/C15H24N2.C11H14/c1-3-5-12-6-8-13(9-7-12)14-10-16-15(4-2)17-11-14;1-2-3-4-5-9-8-10-6-7-11(9)10/h10-13H,3-9H2,1-2H3;6-8H,2-5H2,1H3. The van der Waals surface area contributed by atoms with E-state index in [1.807, 2.05) is 0 Å². The van der Waals surface area contributed by atoms with E-state index in [2.05, 4.69) is 61.3 Å². The molecule has 1 saturated carbocycles. The molecule has 2 heteroatoms. The predicted octanol–water partition coefficient (Wildman–Crippen LogP) is 7.13. The highest BCUT2D eigenvalue weighted by Crippen LogP contribution is 2.36. The lowest BCUT2D eigenvalue weighted by Crippen LogP contribution is -2.13. The fourth-order valence-corrected chi connectivity index (χ4v) is 4.59. The van der Waals surface area contributed by atoms with Gasteiger partial charge in [-0.3, -0.25) is 0 Å². The van der Waals surface area contributed by atoms with Crippen LogP contribution < -0.4 is 0 Å². The number of benzene rings is 1. The molecule has 0 atom stereocenters. The van der Waals surface area contributed by atoms with Crippen LogP contribution in [0.2, 0.25) is 0 Å². The van der Waals surface area contributed by atoms with Crippen molar-refractivity contribution in [2.45, 2.75) is 97.3 Å². The number of aromatic nitrogens is 2. The van der Waals surface area contributed by atoms with Crippen molar-refractivity contribution in [3.63, 3.8) is 0 Å². The lowest BCUT2D eigenvalue weighted by Gasteiger charge is -2.28. The van der Waals surface area contributed by atoms with Gasteiger partial charge in [0.25, 0.3) is 0 Å². The first-order valence-electron chi connectivity index (χ1n) is 11.7. The fourth-order valence-electron chi connectivity index (χ4n) is 4.59. The van der Waals surface area contributed by atoms with E-state index in [0.717, 1.165) is 18.2 Å². The molecule has 0 radical (unpaired) electrons. The minimum Gasteiger partial charge on any atom is -0.241 e. The van der Waals surface area contributed by atoms with Crippen molar-refractivity contribution in [1.82, 2.24) is 9.97 Å². The van der Waals surface area contributed by atoms with Gasteiger partial charge >= 0.3 is 0 Å². The smallest absolute Gasteiger partial charge is 0.127 e. The summed E-state index contributed by atoms with van der Waals surface area (Å²) in [6, 6.07) is 6.75. The molecule has 3 aliphatic rings. The molecule has 1 aromatic heterocycles. The molecule has 0 saturated heterocycles. The molecule has 0 unspecified atom stereocenters. The van der Waals surface area contributed by atoms with Gasteiger partial charge in [-0.1, -0.05) is 64.7 Å². The van der Waals surface area contributed by atoms with Gasteiger partial charge in [-0.2, -0.15) is 0 Å². The normalized spacial score (nSPS) is 19.7. The third-order valence-corrected chi connectivity index (χ3v) is 6.52. The van der Waals surface area contributed by atoms with E-state index in [0.29, 0.717) is 5.92 Å². The van der Waals surface area contributed by atoms with E-state index in [1.165, 1.54) is 75.0 Å². The number of rotatable bonds is 8. The first kappa shape index (κ1) is 21.0. The van der Waals surface area contributed by atoms with E-state index < -0.39 is 0 Å². The van der Waals surface area contributed by atoms with Crippen molar-refractivity contribution >= 4 is 0 Å². The lowest BCUT2D eigenvalue weighted by atomic mass is 9.78. The van der Waals surface area contributed by atoms with Gasteiger partial charge in [0.1, 0.15) is 5.82 Å². The average Bonchev–Trinajstić information content (AvgIpc) is 2.73. The van der Waals surface area contributed by atoms with E-state index in [4.69, 9.17) is 0 Å². The van der Waals surface area contributed by atoms with Crippen LogP contribution in [0.4, 0.5) is 0 Å². The largest absolute Gasteiger partial charge is 0.241 e. The summed E-state index contributed by atoms with van der Waals surface area (Å²) in [7, 11) is 0. The number of aryl methyl sites for hydroxylation is 2. The van der Waals surface area contributed by atoms with Crippen LogP contribution in [-0.4, -0.2) is 9.97 Å². The quantitative estimate of drug-likeness (QED) is 0.389. The minimum atomic E-state index is 0.717. The summed E-state index contributed by atoms with van der Waals surface area (Å²) < 4.78 is 0. The first-order valence-corrected chi connectivity index (χ1v) is 11.7. The maximum Gasteiger partial charge on any atom is 0.127 e. The van der Waals surface area contributed by atoms with E-state index in [-0.39, 0.29) is 0 Å². The van der Waals surface area contributed by atoms with Crippen LogP contribution >= 0.6 is 0 Å². The number of nitrogens with zero attached hydrogens (tertiary/aromatic N) is 2. The van der Waals surface area contributed by atoms with Crippen molar-refractivity contribution < 1.29 is 0 Å². The monoisotopic (exact) mass is 378 g/mol. The summed E-state index contributed by atoms with van der Waals surface area (Å²) >= 11 is 0. The molecule has 2 nitrogen and oxygen atoms in total. The van der Waals surface area contributed by atoms with Crippen LogP contribution in [0, 0.1) is 16.4 Å². The Bertz CT molecular complexity index is 801. The molecule has 1 fully saturated rings. The zero-order chi connectivity index (χ0) is 19.8. The summed E-state index contributed by atoms with van der Waals surface area (Å²) in [4.78, 5) is 8.83. The SMILES string of the molecule is CCCC1CCC(c2cnc(CC)nc2)CC1.CCCCCc1cc2ccc1=2. The van der Waals surface area contributed by atoms with E-state index >= 15 is 0 Å². The summed E-state index contributed by atoms with van der Waals surface area (Å²) in [5, 5.41) is 3.03. The van der Waals surface area contributed by atoms with Crippen LogP contribution in [0.25, 0.3) is 0 Å². The fraction of sp³-hybridized carbons (Fsp3) is 0.615. The molecule has 1 aromatic rings. The molecule has 0 aromatic carbocycles.